The number of halogens is 1. The number of hydrogen-bond acceptors (Lipinski definition) is 5. The molecule has 0 saturated heterocycles. The van der Waals surface area contributed by atoms with E-state index in [0.717, 1.165) is 5.56 Å². The van der Waals surface area contributed by atoms with E-state index in [-0.39, 0.29) is 35.8 Å². The van der Waals surface area contributed by atoms with Gasteiger partial charge in [0.1, 0.15) is 0 Å². The first-order chi connectivity index (χ1) is 10.8. The second kappa shape index (κ2) is 10.6. The Morgan fingerprint density at radius 2 is 1.83 bits per heavy atom. The highest BCUT2D eigenvalue weighted by Crippen LogP contribution is 2.18. The van der Waals surface area contributed by atoms with Crippen molar-refractivity contribution in [3.63, 3.8) is 0 Å². The molecule has 0 saturated carbocycles. The smallest absolute Gasteiger partial charge is 0.242 e. The first-order valence-corrected chi connectivity index (χ1v) is 8.74. The number of hydrogen-bond donors (Lipinski definition) is 2. The Bertz CT molecular complexity index is 606. The molecular formula is C15H26ClN3O4S. The molecule has 9 heteroatoms. The van der Waals surface area contributed by atoms with E-state index in [1.54, 1.807) is 31.4 Å². The molecule has 0 radical (unpaired) electrons. The number of sulfonamides is 1. The van der Waals surface area contributed by atoms with E-state index in [9.17, 15) is 13.2 Å². The maximum absolute atomic E-state index is 12.0. The van der Waals surface area contributed by atoms with Gasteiger partial charge in [0.2, 0.25) is 15.9 Å². The van der Waals surface area contributed by atoms with Crippen LogP contribution in [0.15, 0.2) is 29.2 Å². The lowest BCUT2D eigenvalue weighted by atomic mass is 10.1. The van der Waals surface area contributed by atoms with Crippen LogP contribution in [-0.4, -0.2) is 59.5 Å². The predicted octanol–water partition coefficient (Wildman–Crippen LogP) is 0.772. The number of nitrogens with one attached hydrogen (secondary N) is 2. The minimum absolute atomic E-state index is 0. The lowest BCUT2D eigenvalue weighted by Crippen LogP contribution is -2.36. The van der Waals surface area contributed by atoms with Gasteiger partial charge in [0, 0.05) is 27.7 Å². The number of carbonyl (C=O) groups is 1. The van der Waals surface area contributed by atoms with E-state index in [0.29, 0.717) is 13.2 Å². The highest BCUT2D eigenvalue weighted by Gasteiger charge is 2.17. The van der Waals surface area contributed by atoms with Crippen LogP contribution in [0, 0.1) is 0 Å². The van der Waals surface area contributed by atoms with Crippen LogP contribution in [0.2, 0.25) is 0 Å². The molecular weight excluding hydrogens is 354 g/mol. The van der Waals surface area contributed by atoms with Crippen LogP contribution < -0.4 is 10.6 Å². The number of amides is 1. The van der Waals surface area contributed by atoms with Crippen molar-refractivity contribution in [1.29, 1.82) is 0 Å². The fourth-order valence-corrected chi connectivity index (χ4v) is 2.79. The Morgan fingerprint density at radius 3 is 2.33 bits per heavy atom. The molecule has 1 unspecified atom stereocenters. The van der Waals surface area contributed by atoms with Crippen molar-refractivity contribution in [2.75, 3.05) is 40.9 Å². The van der Waals surface area contributed by atoms with E-state index in [1.807, 2.05) is 6.92 Å². The van der Waals surface area contributed by atoms with Crippen molar-refractivity contribution in [3.05, 3.63) is 29.8 Å². The predicted molar refractivity (Wildman–Crippen MR) is 95.9 cm³/mol. The van der Waals surface area contributed by atoms with E-state index in [1.165, 1.54) is 18.4 Å². The highest BCUT2D eigenvalue weighted by molar-refractivity contribution is 7.89. The van der Waals surface area contributed by atoms with Gasteiger partial charge in [-0.2, -0.15) is 0 Å². The second-order valence-corrected chi connectivity index (χ2v) is 7.47. The average molecular weight is 380 g/mol. The van der Waals surface area contributed by atoms with Gasteiger partial charge >= 0.3 is 0 Å². The number of methoxy groups -OCH3 is 1. The van der Waals surface area contributed by atoms with Gasteiger partial charge in [-0.05, 0) is 24.6 Å². The summed E-state index contributed by atoms with van der Waals surface area (Å²) in [5, 5.41) is 5.81. The minimum Gasteiger partial charge on any atom is -0.383 e. The van der Waals surface area contributed by atoms with Crippen molar-refractivity contribution in [3.8, 4) is 0 Å². The fourth-order valence-electron chi connectivity index (χ4n) is 1.89. The Labute approximate surface area is 150 Å². The molecule has 0 aliphatic rings. The van der Waals surface area contributed by atoms with Crippen molar-refractivity contribution in [1.82, 2.24) is 14.9 Å². The third-order valence-corrected chi connectivity index (χ3v) is 5.13. The van der Waals surface area contributed by atoms with Crippen LogP contribution in [0.4, 0.5) is 0 Å². The summed E-state index contributed by atoms with van der Waals surface area (Å²) in [5.41, 5.74) is 0.841. The van der Waals surface area contributed by atoms with E-state index in [4.69, 9.17) is 4.74 Å². The third-order valence-electron chi connectivity index (χ3n) is 3.30. The summed E-state index contributed by atoms with van der Waals surface area (Å²) in [4.78, 5) is 12.0. The normalized spacial score (nSPS) is 12.5. The number of benzene rings is 1. The van der Waals surface area contributed by atoms with Crippen LogP contribution in [0.3, 0.4) is 0 Å². The van der Waals surface area contributed by atoms with Crippen LogP contribution >= 0.6 is 12.4 Å². The molecule has 7 nitrogen and oxygen atoms in total. The standard InChI is InChI=1S/C15H25N3O4S.ClH/c1-12(17-15(19)11-16-9-10-22-4)13-5-7-14(8-6-13)23(20,21)18(2)3;/h5-8,12,16H,9-11H2,1-4H3,(H,17,19);1H. The minimum atomic E-state index is -3.44. The molecule has 1 amide bonds. The molecule has 0 heterocycles. The van der Waals surface area contributed by atoms with Gasteiger partial charge in [0.15, 0.2) is 0 Å². The molecule has 24 heavy (non-hydrogen) atoms. The summed E-state index contributed by atoms with van der Waals surface area (Å²) in [7, 11) is 1.14. The van der Waals surface area contributed by atoms with Crippen LogP contribution in [0.1, 0.15) is 18.5 Å². The molecule has 1 rings (SSSR count). The topological polar surface area (TPSA) is 87.7 Å². The van der Waals surface area contributed by atoms with E-state index < -0.39 is 10.0 Å². The first-order valence-electron chi connectivity index (χ1n) is 7.30. The molecule has 138 valence electrons. The van der Waals surface area contributed by atoms with Gasteiger partial charge in [-0.3, -0.25) is 4.79 Å². The summed E-state index contributed by atoms with van der Waals surface area (Å²) in [6.45, 7) is 3.21. The molecule has 0 bridgehead atoms. The van der Waals surface area contributed by atoms with Gasteiger partial charge in [-0.15, -0.1) is 12.4 Å². The maximum atomic E-state index is 12.0. The monoisotopic (exact) mass is 379 g/mol. The Hall–Kier alpha value is -1.19. The maximum Gasteiger partial charge on any atom is 0.242 e. The van der Waals surface area contributed by atoms with Gasteiger partial charge in [0.05, 0.1) is 24.1 Å². The zero-order valence-electron chi connectivity index (χ0n) is 14.4. The lowest BCUT2D eigenvalue weighted by Gasteiger charge is -2.16. The van der Waals surface area contributed by atoms with Gasteiger partial charge in [0.25, 0.3) is 0 Å². The lowest BCUT2D eigenvalue weighted by molar-refractivity contribution is -0.120. The van der Waals surface area contributed by atoms with Crippen LogP contribution in [0.25, 0.3) is 0 Å². The quantitative estimate of drug-likeness (QED) is 0.619. The first kappa shape index (κ1) is 22.8. The zero-order valence-corrected chi connectivity index (χ0v) is 16.0. The zero-order chi connectivity index (χ0) is 17.5. The molecule has 0 aliphatic heterocycles. The summed E-state index contributed by atoms with van der Waals surface area (Å²) >= 11 is 0. The summed E-state index contributed by atoms with van der Waals surface area (Å²) in [6, 6.07) is 6.30. The summed E-state index contributed by atoms with van der Waals surface area (Å²) in [5.74, 6) is -0.126. The summed E-state index contributed by atoms with van der Waals surface area (Å²) < 4.78 is 30.0. The Balaban J connectivity index is 0.00000529. The molecule has 0 spiro atoms. The van der Waals surface area contributed by atoms with Crippen LogP contribution in [0.5, 0.6) is 0 Å². The average Bonchev–Trinajstić information content (AvgIpc) is 2.51. The highest BCUT2D eigenvalue weighted by atomic mass is 35.5. The van der Waals surface area contributed by atoms with Crippen molar-refractivity contribution < 1.29 is 17.9 Å². The number of nitrogens with zero attached hydrogens (tertiary/aromatic N) is 1. The second-order valence-electron chi connectivity index (χ2n) is 5.32. The molecule has 0 aliphatic carbocycles. The molecule has 0 fully saturated rings. The Morgan fingerprint density at radius 1 is 1.25 bits per heavy atom. The van der Waals surface area contributed by atoms with Gasteiger partial charge in [-0.1, -0.05) is 12.1 Å². The molecule has 0 aromatic heterocycles. The molecule has 1 aromatic carbocycles. The molecule has 1 aromatic rings. The molecule has 2 N–H and O–H groups in total. The van der Waals surface area contributed by atoms with E-state index >= 15 is 0 Å². The van der Waals surface area contributed by atoms with Crippen molar-refractivity contribution in [2.24, 2.45) is 0 Å². The molecule has 1 atom stereocenters. The SMILES string of the molecule is COCCNCC(=O)NC(C)c1ccc(S(=O)(=O)N(C)C)cc1.Cl. The van der Waals surface area contributed by atoms with Gasteiger partial charge < -0.3 is 15.4 Å². The summed E-state index contributed by atoms with van der Waals surface area (Å²) in [6.07, 6.45) is 0. The van der Waals surface area contributed by atoms with Gasteiger partial charge in [-0.25, -0.2) is 12.7 Å². The number of rotatable bonds is 9. The number of ether oxygens (including phenoxy) is 1. The number of carbonyl (C=O) groups excluding carboxylic acids is 1. The van der Waals surface area contributed by atoms with Crippen LogP contribution in [-0.2, 0) is 19.6 Å². The van der Waals surface area contributed by atoms with Crippen molar-refractivity contribution >= 4 is 28.3 Å². The fraction of sp³-hybridized carbons (Fsp3) is 0.533. The van der Waals surface area contributed by atoms with Crippen molar-refractivity contribution in [2.45, 2.75) is 17.9 Å². The Kier molecular flexibility index (Phi) is 10.1. The largest absolute Gasteiger partial charge is 0.383 e. The third kappa shape index (κ3) is 6.74. The van der Waals surface area contributed by atoms with E-state index in [2.05, 4.69) is 10.6 Å².